The monoisotopic (exact) mass is 264 g/mol. The molecule has 2 aromatic carbocycles. The van der Waals surface area contributed by atoms with Crippen LogP contribution in [0.1, 0.15) is 0 Å². The van der Waals surface area contributed by atoms with E-state index in [0.29, 0.717) is 10.0 Å². The molecule has 0 bridgehead atoms. The van der Waals surface area contributed by atoms with Crippen molar-refractivity contribution >= 4 is 40.9 Å². The Bertz CT molecular complexity index is 538. The molecule has 0 aliphatic rings. The van der Waals surface area contributed by atoms with E-state index < -0.39 is 0 Å². The van der Waals surface area contributed by atoms with Crippen LogP contribution in [0.15, 0.2) is 53.5 Å². The van der Waals surface area contributed by atoms with Crippen molar-refractivity contribution in [2.45, 2.75) is 0 Å². The van der Waals surface area contributed by atoms with Gasteiger partial charge in [-0.1, -0.05) is 35.3 Å². The lowest BCUT2D eigenvalue weighted by molar-refractivity contribution is 1.52. The van der Waals surface area contributed by atoms with E-state index in [4.69, 9.17) is 23.2 Å². The number of nitrogens with one attached hydrogen (secondary N) is 1. The Balaban J connectivity index is 2.03. The summed E-state index contributed by atoms with van der Waals surface area (Å²) in [6, 6.07) is 14.8. The average Bonchev–Trinajstić information content (AvgIpc) is 2.29. The molecule has 0 fully saturated rings. The van der Waals surface area contributed by atoms with Gasteiger partial charge >= 0.3 is 0 Å². The smallest absolute Gasteiger partial charge is 0.0930 e. The Hall–Kier alpha value is -1.51. The van der Waals surface area contributed by atoms with Gasteiger partial charge in [0.25, 0.3) is 0 Å². The molecule has 4 heteroatoms. The first-order chi connectivity index (χ1) is 8.24. The van der Waals surface area contributed by atoms with Gasteiger partial charge in [-0.05, 0) is 36.4 Å². The average molecular weight is 265 g/mol. The number of aliphatic imine (C=N–C) groups is 1. The lowest BCUT2D eigenvalue weighted by Gasteiger charge is -2.00. The van der Waals surface area contributed by atoms with Crippen molar-refractivity contribution in [3.63, 3.8) is 0 Å². The van der Waals surface area contributed by atoms with Crippen LogP contribution in [0.3, 0.4) is 0 Å². The molecule has 17 heavy (non-hydrogen) atoms. The molecule has 0 radical (unpaired) electrons. The normalized spacial score (nSPS) is 10.7. The number of rotatable bonds is 3. The van der Waals surface area contributed by atoms with E-state index in [2.05, 4.69) is 10.3 Å². The van der Waals surface area contributed by atoms with Gasteiger partial charge in [-0.3, -0.25) is 0 Å². The molecule has 0 amide bonds. The van der Waals surface area contributed by atoms with E-state index in [0.717, 1.165) is 11.4 Å². The molecule has 2 aromatic rings. The predicted molar refractivity (Wildman–Crippen MR) is 74.7 cm³/mol. The standard InChI is InChI=1S/C13H10Cl2N2/c14-10-3-1-5-12(7-10)16-9-17-13-6-2-4-11(15)8-13/h1-9H,(H,16,17). The minimum atomic E-state index is 0.669. The fraction of sp³-hybridized carbons (Fsp3) is 0. The molecule has 2 rings (SSSR count). The van der Waals surface area contributed by atoms with Crippen LogP contribution in [0.5, 0.6) is 0 Å². The van der Waals surface area contributed by atoms with E-state index in [-0.39, 0.29) is 0 Å². The summed E-state index contributed by atoms with van der Waals surface area (Å²) in [5, 5.41) is 4.39. The lowest BCUT2D eigenvalue weighted by Crippen LogP contribution is -1.93. The van der Waals surface area contributed by atoms with Gasteiger partial charge in [0, 0.05) is 15.7 Å². The van der Waals surface area contributed by atoms with Gasteiger partial charge < -0.3 is 5.32 Å². The maximum absolute atomic E-state index is 5.86. The fourth-order valence-electron chi connectivity index (χ4n) is 1.32. The summed E-state index contributed by atoms with van der Waals surface area (Å²) in [5.41, 5.74) is 1.69. The molecule has 0 aromatic heterocycles. The van der Waals surface area contributed by atoms with Crippen molar-refractivity contribution in [1.29, 1.82) is 0 Å². The van der Waals surface area contributed by atoms with Crippen LogP contribution >= 0.6 is 23.2 Å². The van der Waals surface area contributed by atoms with Crippen molar-refractivity contribution in [1.82, 2.24) is 0 Å². The van der Waals surface area contributed by atoms with Crippen molar-refractivity contribution in [2.75, 3.05) is 5.32 Å². The van der Waals surface area contributed by atoms with E-state index in [1.807, 2.05) is 42.5 Å². The summed E-state index contributed by atoms with van der Waals surface area (Å²) >= 11 is 11.7. The van der Waals surface area contributed by atoms with Gasteiger partial charge in [0.2, 0.25) is 0 Å². The van der Waals surface area contributed by atoms with Gasteiger partial charge in [-0.15, -0.1) is 0 Å². The molecule has 0 saturated heterocycles. The van der Waals surface area contributed by atoms with Gasteiger partial charge in [-0.2, -0.15) is 0 Å². The van der Waals surface area contributed by atoms with Gasteiger partial charge in [0.15, 0.2) is 0 Å². The maximum Gasteiger partial charge on any atom is 0.0930 e. The highest BCUT2D eigenvalue weighted by molar-refractivity contribution is 6.31. The van der Waals surface area contributed by atoms with E-state index >= 15 is 0 Å². The predicted octanol–water partition coefficient (Wildman–Crippen LogP) is 4.77. The molecular weight excluding hydrogens is 255 g/mol. The number of benzene rings is 2. The number of anilines is 1. The van der Waals surface area contributed by atoms with Crippen molar-refractivity contribution < 1.29 is 0 Å². The maximum atomic E-state index is 5.86. The molecule has 0 unspecified atom stereocenters. The second kappa shape index (κ2) is 5.71. The van der Waals surface area contributed by atoms with Gasteiger partial charge in [0.05, 0.1) is 12.0 Å². The fourth-order valence-corrected chi connectivity index (χ4v) is 1.69. The molecule has 0 saturated carbocycles. The van der Waals surface area contributed by atoms with Crippen LogP contribution in [-0.4, -0.2) is 6.34 Å². The zero-order valence-corrected chi connectivity index (χ0v) is 10.4. The first kappa shape index (κ1) is 12.0. The summed E-state index contributed by atoms with van der Waals surface area (Å²) in [7, 11) is 0. The van der Waals surface area contributed by atoms with Crippen molar-refractivity contribution in [2.24, 2.45) is 4.99 Å². The van der Waals surface area contributed by atoms with Crippen molar-refractivity contribution in [3.8, 4) is 0 Å². The number of nitrogens with zero attached hydrogens (tertiary/aromatic N) is 1. The second-order valence-electron chi connectivity index (χ2n) is 3.39. The third-order valence-electron chi connectivity index (χ3n) is 2.08. The summed E-state index contributed by atoms with van der Waals surface area (Å²) in [4.78, 5) is 4.23. The zero-order valence-electron chi connectivity index (χ0n) is 8.90. The van der Waals surface area contributed by atoms with Crippen LogP contribution in [0.25, 0.3) is 0 Å². The van der Waals surface area contributed by atoms with E-state index in [1.165, 1.54) is 0 Å². The third kappa shape index (κ3) is 3.77. The molecular formula is C13H10Cl2N2. The first-order valence-corrected chi connectivity index (χ1v) is 5.80. The largest absolute Gasteiger partial charge is 0.346 e. The number of hydrogen-bond donors (Lipinski definition) is 1. The Labute approximate surface area is 110 Å². The molecule has 1 N–H and O–H groups in total. The number of hydrogen-bond acceptors (Lipinski definition) is 1. The highest BCUT2D eigenvalue weighted by Crippen LogP contribution is 2.18. The van der Waals surface area contributed by atoms with Crippen LogP contribution in [0.4, 0.5) is 11.4 Å². The highest BCUT2D eigenvalue weighted by Gasteiger charge is 1.91. The summed E-state index contributed by atoms with van der Waals surface area (Å²) in [6.45, 7) is 0. The van der Waals surface area contributed by atoms with Gasteiger partial charge in [-0.25, -0.2) is 4.99 Å². The zero-order chi connectivity index (χ0) is 12.1. The Kier molecular flexibility index (Phi) is 4.02. The molecule has 2 nitrogen and oxygen atoms in total. The minimum absolute atomic E-state index is 0.669. The number of halogens is 2. The first-order valence-electron chi connectivity index (χ1n) is 5.04. The van der Waals surface area contributed by atoms with Crippen LogP contribution in [-0.2, 0) is 0 Å². The van der Waals surface area contributed by atoms with E-state index in [1.54, 1.807) is 12.4 Å². The molecule has 0 aliphatic heterocycles. The molecule has 0 spiro atoms. The molecule has 0 heterocycles. The summed E-state index contributed by atoms with van der Waals surface area (Å²) < 4.78 is 0. The lowest BCUT2D eigenvalue weighted by atomic mass is 10.3. The van der Waals surface area contributed by atoms with Crippen LogP contribution in [0.2, 0.25) is 10.0 Å². The Morgan fingerprint density at radius 1 is 0.941 bits per heavy atom. The summed E-state index contributed by atoms with van der Waals surface area (Å²) in [6.07, 6.45) is 1.61. The highest BCUT2D eigenvalue weighted by atomic mass is 35.5. The quantitative estimate of drug-likeness (QED) is 0.627. The van der Waals surface area contributed by atoms with E-state index in [9.17, 15) is 0 Å². The molecule has 0 aliphatic carbocycles. The third-order valence-corrected chi connectivity index (χ3v) is 2.55. The molecule has 86 valence electrons. The van der Waals surface area contributed by atoms with Crippen LogP contribution < -0.4 is 5.32 Å². The minimum Gasteiger partial charge on any atom is -0.346 e. The molecule has 0 atom stereocenters. The van der Waals surface area contributed by atoms with Gasteiger partial charge in [0.1, 0.15) is 0 Å². The van der Waals surface area contributed by atoms with Crippen LogP contribution in [0, 0.1) is 0 Å². The topological polar surface area (TPSA) is 24.4 Å². The second-order valence-corrected chi connectivity index (χ2v) is 4.27. The Morgan fingerprint density at radius 3 is 2.35 bits per heavy atom. The summed E-state index contributed by atoms with van der Waals surface area (Å²) in [5.74, 6) is 0. The van der Waals surface area contributed by atoms with Crippen molar-refractivity contribution in [3.05, 3.63) is 58.6 Å². The Morgan fingerprint density at radius 2 is 1.65 bits per heavy atom. The SMILES string of the molecule is Clc1cccc(N=CNc2cccc(Cl)c2)c1.